The summed E-state index contributed by atoms with van der Waals surface area (Å²) in [5, 5.41) is 3.47. The first kappa shape index (κ1) is 14.0. The van der Waals surface area contributed by atoms with Gasteiger partial charge in [0.2, 0.25) is 5.91 Å². The van der Waals surface area contributed by atoms with Crippen molar-refractivity contribution in [3.63, 3.8) is 0 Å². The molecule has 0 bridgehead atoms. The van der Waals surface area contributed by atoms with E-state index in [1.54, 1.807) is 6.07 Å². The molecular formula is C15H22N2O2. The number of primary amides is 1. The van der Waals surface area contributed by atoms with Gasteiger partial charge >= 0.3 is 0 Å². The van der Waals surface area contributed by atoms with Crippen molar-refractivity contribution in [2.45, 2.75) is 32.9 Å². The molecular weight excluding hydrogens is 240 g/mol. The quantitative estimate of drug-likeness (QED) is 0.847. The van der Waals surface area contributed by atoms with Crippen LogP contribution in [-0.2, 0) is 11.3 Å². The van der Waals surface area contributed by atoms with E-state index in [1.165, 1.54) is 5.56 Å². The van der Waals surface area contributed by atoms with Crippen molar-refractivity contribution in [3.05, 3.63) is 34.9 Å². The first-order valence-electron chi connectivity index (χ1n) is 6.79. The number of benzene rings is 1. The highest BCUT2D eigenvalue weighted by molar-refractivity contribution is 5.93. The van der Waals surface area contributed by atoms with E-state index >= 15 is 0 Å². The minimum Gasteiger partial charge on any atom is -0.378 e. The molecule has 3 N–H and O–H groups in total. The van der Waals surface area contributed by atoms with Gasteiger partial charge in [-0.2, -0.15) is 0 Å². The fourth-order valence-corrected chi connectivity index (χ4v) is 2.48. The predicted octanol–water partition coefficient (Wildman–Crippen LogP) is 1.61. The van der Waals surface area contributed by atoms with Crippen LogP contribution in [-0.4, -0.2) is 25.2 Å². The number of rotatable bonds is 5. The summed E-state index contributed by atoms with van der Waals surface area (Å²) in [6.45, 7) is 6.79. The summed E-state index contributed by atoms with van der Waals surface area (Å²) in [4.78, 5) is 11.1. The highest BCUT2D eigenvalue weighted by Crippen LogP contribution is 2.19. The molecule has 1 heterocycles. The van der Waals surface area contributed by atoms with Gasteiger partial charge in [0, 0.05) is 25.3 Å². The van der Waals surface area contributed by atoms with Crippen LogP contribution in [0.1, 0.15) is 34.8 Å². The van der Waals surface area contributed by atoms with Crippen molar-refractivity contribution >= 4 is 5.91 Å². The molecule has 1 amide bonds. The van der Waals surface area contributed by atoms with Crippen molar-refractivity contribution in [1.29, 1.82) is 0 Å². The van der Waals surface area contributed by atoms with Crippen LogP contribution in [0.5, 0.6) is 0 Å². The van der Waals surface area contributed by atoms with Crippen LogP contribution in [0, 0.1) is 12.8 Å². The average molecular weight is 262 g/mol. The van der Waals surface area contributed by atoms with Crippen LogP contribution in [0.3, 0.4) is 0 Å². The predicted molar refractivity (Wildman–Crippen MR) is 74.9 cm³/mol. The zero-order valence-corrected chi connectivity index (χ0v) is 11.6. The van der Waals surface area contributed by atoms with E-state index in [0.717, 1.165) is 31.7 Å². The first-order chi connectivity index (χ1) is 9.08. The van der Waals surface area contributed by atoms with Gasteiger partial charge in [0.15, 0.2) is 0 Å². The Kier molecular flexibility index (Phi) is 4.56. The van der Waals surface area contributed by atoms with Gasteiger partial charge in [0.1, 0.15) is 0 Å². The van der Waals surface area contributed by atoms with Gasteiger partial charge in [-0.05, 0) is 49.4 Å². The summed E-state index contributed by atoms with van der Waals surface area (Å²) >= 11 is 0. The Labute approximate surface area is 114 Å². The molecule has 1 aromatic rings. The van der Waals surface area contributed by atoms with Crippen LogP contribution in [0.2, 0.25) is 0 Å². The van der Waals surface area contributed by atoms with Crippen molar-refractivity contribution < 1.29 is 9.53 Å². The second-order valence-corrected chi connectivity index (χ2v) is 5.26. The maximum absolute atomic E-state index is 11.1. The third-order valence-electron chi connectivity index (χ3n) is 3.88. The van der Waals surface area contributed by atoms with E-state index in [0.29, 0.717) is 17.6 Å². The Morgan fingerprint density at radius 3 is 2.89 bits per heavy atom. The Balaban J connectivity index is 1.87. The number of hydrogen-bond donors (Lipinski definition) is 2. The number of amides is 1. The minimum atomic E-state index is -0.375. The Bertz CT molecular complexity index is 459. The lowest BCUT2D eigenvalue weighted by Gasteiger charge is -2.15. The van der Waals surface area contributed by atoms with Crippen LogP contribution < -0.4 is 11.1 Å². The number of carbonyl (C=O) groups is 1. The van der Waals surface area contributed by atoms with E-state index in [-0.39, 0.29) is 5.91 Å². The van der Waals surface area contributed by atoms with Crippen LogP contribution in [0.4, 0.5) is 0 Å². The van der Waals surface area contributed by atoms with Gasteiger partial charge in [-0.3, -0.25) is 4.79 Å². The molecule has 4 heteroatoms. The first-order valence-corrected chi connectivity index (χ1v) is 6.79. The third-order valence-corrected chi connectivity index (χ3v) is 3.88. The third kappa shape index (κ3) is 3.55. The number of aryl methyl sites for hydroxylation is 1. The van der Waals surface area contributed by atoms with Gasteiger partial charge in [-0.15, -0.1) is 0 Å². The molecule has 4 nitrogen and oxygen atoms in total. The second-order valence-electron chi connectivity index (χ2n) is 5.26. The van der Waals surface area contributed by atoms with Crippen LogP contribution in [0.25, 0.3) is 0 Å². The van der Waals surface area contributed by atoms with Gasteiger partial charge < -0.3 is 15.8 Å². The molecule has 1 aliphatic heterocycles. The fourth-order valence-electron chi connectivity index (χ4n) is 2.48. The van der Waals surface area contributed by atoms with Crippen LogP contribution in [0.15, 0.2) is 18.2 Å². The Hall–Kier alpha value is -1.39. The number of ether oxygens (including phenoxy) is 1. The standard InChI is InChI=1S/C15H22N2O2/c1-10-7-12(15(16)18)3-4-13(10)8-17-9-14-5-6-19-11(14)2/h3-4,7,11,14,17H,5-6,8-9H2,1-2H3,(H2,16,18). The molecule has 0 aromatic heterocycles. The molecule has 0 spiro atoms. The molecule has 2 unspecified atom stereocenters. The molecule has 0 saturated carbocycles. The molecule has 0 radical (unpaired) electrons. The molecule has 0 aliphatic carbocycles. The zero-order chi connectivity index (χ0) is 13.8. The molecule has 1 aliphatic rings. The maximum atomic E-state index is 11.1. The van der Waals surface area contributed by atoms with E-state index in [9.17, 15) is 4.79 Å². The lowest BCUT2D eigenvalue weighted by Crippen LogP contribution is -2.27. The SMILES string of the molecule is Cc1cc(C(N)=O)ccc1CNCC1CCOC1C. The van der Waals surface area contributed by atoms with Gasteiger partial charge in [0.25, 0.3) is 0 Å². The minimum absolute atomic E-state index is 0.353. The van der Waals surface area contributed by atoms with E-state index in [1.807, 2.05) is 19.1 Å². The summed E-state index contributed by atoms with van der Waals surface area (Å²) in [7, 11) is 0. The maximum Gasteiger partial charge on any atom is 0.248 e. The molecule has 1 fully saturated rings. The molecule has 1 aromatic carbocycles. The summed E-state index contributed by atoms with van der Waals surface area (Å²) in [5.41, 5.74) is 8.13. The number of carbonyl (C=O) groups excluding carboxylic acids is 1. The van der Waals surface area contributed by atoms with Crippen molar-refractivity contribution in [1.82, 2.24) is 5.32 Å². The fraction of sp³-hybridized carbons (Fsp3) is 0.533. The smallest absolute Gasteiger partial charge is 0.248 e. The normalized spacial score (nSPS) is 22.6. The summed E-state index contributed by atoms with van der Waals surface area (Å²) < 4.78 is 5.54. The number of nitrogens with one attached hydrogen (secondary N) is 1. The summed E-state index contributed by atoms with van der Waals surface area (Å²) in [5.74, 6) is 0.227. The van der Waals surface area contributed by atoms with E-state index < -0.39 is 0 Å². The second kappa shape index (κ2) is 6.17. The number of nitrogens with two attached hydrogens (primary N) is 1. The van der Waals surface area contributed by atoms with E-state index in [4.69, 9.17) is 10.5 Å². The Morgan fingerprint density at radius 2 is 2.32 bits per heavy atom. The van der Waals surface area contributed by atoms with Gasteiger partial charge in [-0.1, -0.05) is 6.07 Å². The monoisotopic (exact) mass is 262 g/mol. The van der Waals surface area contributed by atoms with E-state index in [2.05, 4.69) is 12.2 Å². The molecule has 2 rings (SSSR count). The topological polar surface area (TPSA) is 64.4 Å². The largest absolute Gasteiger partial charge is 0.378 e. The lowest BCUT2D eigenvalue weighted by atomic mass is 10.0. The number of hydrogen-bond acceptors (Lipinski definition) is 3. The zero-order valence-electron chi connectivity index (χ0n) is 11.6. The van der Waals surface area contributed by atoms with Crippen molar-refractivity contribution in [2.75, 3.05) is 13.2 Å². The van der Waals surface area contributed by atoms with Crippen LogP contribution >= 0.6 is 0 Å². The van der Waals surface area contributed by atoms with Crippen molar-refractivity contribution in [2.24, 2.45) is 11.7 Å². The lowest BCUT2D eigenvalue weighted by molar-refractivity contribution is 0.1000. The molecule has 19 heavy (non-hydrogen) atoms. The highest BCUT2D eigenvalue weighted by atomic mass is 16.5. The molecule has 1 saturated heterocycles. The summed E-state index contributed by atoms with van der Waals surface area (Å²) in [6, 6.07) is 5.60. The van der Waals surface area contributed by atoms with Gasteiger partial charge in [0.05, 0.1) is 6.10 Å². The Morgan fingerprint density at radius 1 is 1.53 bits per heavy atom. The highest BCUT2D eigenvalue weighted by Gasteiger charge is 2.23. The van der Waals surface area contributed by atoms with Crippen molar-refractivity contribution in [3.8, 4) is 0 Å². The summed E-state index contributed by atoms with van der Waals surface area (Å²) in [6.07, 6.45) is 1.49. The molecule has 2 atom stereocenters. The average Bonchev–Trinajstić information content (AvgIpc) is 2.77. The van der Waals surface area contributed by atoms with Gasteiger partial charge in [-0.25, -0.2) is 0 Å². The molecule has 104 valence electrons.